The van der Waals surface area contributed by atoms with Gasteiger partial charge in [0.2, 0.25) is 0 Å². The van der Waals surface area contributed by atoms with Crippen molar-refractivity contribution in [2.45, 2.75) is 312 Å². The molecule has 0 aliphatic carbocycles. The van der Waals surface area contributed by atoms with Gasteiger partial charge in [0.1, 0.15) is 31.8 Å². The number of piperidine rings is 1. The second-order valence-electron chi connectivity index (χ2n) is 25.4. The monoisotopic (exact) mass is 1280 g/mol. The lowest BCUT2D eigenvalue weighted by Crippen LogP contribution is -2.44. The average Bonchev–Trinajstić information content (AvgIpc) is 3.75. The molecule has 16 nitrogen and oxygen atoms in total. The van der Waals surface area contributed by atoms with Gasteiger partial charge in [0.05, 0.1) is 38.1 Å². The minimum atomic E-state index is -1.47. The van der Waals surface area contributed by atoms with E-state index < -0.39 is 42.4 Å². The van der Waals surface area contributed by atoms with Crippen molar-refractivity contribution in [3.05, 3.63) is 24.3 Å². The van der Waals surface area contributed by atoms with Gasteiger partial charge in [-0.15, -0.1) is 0 Å². The first kappa shape index (κ1) is 84.0. The van der Waals surface area contributed by atoms with Crippen molar-refractivity contribution < 1.29 is 71.4 Å². The Bertz CT molecular complexity index is 1730. The molecule has 1 heterocycles. The van der Waals surface area contributed by atoms with Crippen LogP contribution in [0.3, 0.4) is 0 Å². The van der Waals surface area contributed by atoms with Gasteiger partial charge in [-0.05, 0) is 129 Å². The molecule has 0 N–H and O–H groups in total. The second-order valence-corrected chi connectivity index (χ2v) is 25.4. The molecule has 0 aromatic heterocycles. The third kappa shape index (κ3) is 47.8. The molecule has 0 spiro atoms. The highest BCUT2D eigenvalue weighted by atomic mass is 16.7. The number of likely N-dealkylation sites (tertiary alicyclic amines) is 1. The summed E-state index contributed by atoms with van der Waals surface area (Å²) in [5.41, 5.74) is -1.47. The number of carbonyl (C=O) groups excluding carboxylic acids is 6. The van der Waals surface area contributed by atoms with Crippen LogP contribution in [-0.2, 0) is 66.6 Å². The summed E-state index contributed by atoms with van der Waals surface area (Å²) in [6, 6.07) is 0. The summed E-state index contributed by atoms with van der Waals surface area (Å²) >= 11 is 0. The zero-order valence-electron chi connectivity index (χ0n) is 58.5. The molecule has 90 heavy (non-hydrogen) atoms. The molecule has 1 fully saturated rings. The molecule has 1 rings (SSSR count). The number of allylic oxidation sites excluding steroid dienone is 4. The molecule has 0 saturated carbocycles. The summed E-state index contributed by atoms with van der Waals surface area (Å²) in [5.74, 6) is -1.62. The Balaban J connectivity index is 3.17. The first-order valence-corrected chi connectivity index (χ1v) is 36.7. The maximum absolute atomic E-state index is 13.8. The third-order valence-corrected chi connectivity index (χ3v) is 17.0. The van der Waals surface area contributed by atoms with Crippen molar-refractivity contribution in [1.29, 1.82) is 0 Å². The number of unbranched alkanes of at least 4 members (excludes halogenated alkanes) is 20. The molecule has 1 aliphatic heterocycles. The summed E-state index contributed by atoms with van der Waals surface area (Å²) in [4.78, 5) is 82.6. The van der Waals surface area contributed by atoms with Crippen LogP contribution in [0.5, 0.6) is 0 Å². The lowest BCUT2D eigenvalue weighted by atomic mass is 9.92. The number of nitrogens with zero attached hydrogens (tertiary/aromatic N) is 1. The van der Waals surface area contributed by atoms with Gasteiger partial charge in [0, 0.05) is 44.9 Å². The van der Waals surface area contributed by atoms with E-state index in [1.165, 1.54) is 12.8 Å². The number of ether oxygens (including phenoxy) is 9. The molecular weight excluding hydrogens is 1140 g/mol. The number of hydrogen-bond donors (Lipinski definition) is 0. The molecular formula is C74H133NO15. The molecule has 3 atom stereocenters. The van der Waals surface area contributed by atoms with Crippen molar-refractivity contribution in [2.75, 3.05) is 79.1 Å². The lowest BCUT2D eigenvalue weighted by Gasteiger charge is -2.32. The van der Waals surface area contributed by atoms with E-state index in [1.807, 2.05) is 0 Å². The Labute approximate surface area is 548 Å². The van der Waals surface area contributed by atoms with E-state index in [0.717, 1.165) is 225 Å². The highest BCUT2D eigenvalue weighted by Gasteiger charge is 2.39. The number of esters is 5. The summed E-state index contributed by atoms with van der Waals surface area (Å²) < 4.78 is 53.1. The quantitative estimate of drug-likeness (QED) is 0.0184. The predicted molar refractivity (Wildman–Crippen MR) is 360 cm³/mol. The van der Waals surface area contributed by atoms with Gasteiger partial charge >= 0.3 is 36.0 Å². The van der Waals surface area contributed by atoms with E-state index in [0.29, 0.717) is 39.3 Å². The van der Waals surface area contributed by atoms with Crippen LogP contribution in [0, 0.1) is 23.2 Å². The van der Waals surface area contributed by atoms with E-state index in [4.69, 9.17) is 42.6 Å². The molecule has 1 saturated heterocycles. The largest absolute Gasteiger partial charge is 0.508 e. The molecule has 0 aromatic rings. The molecule has 524 valence electrons. The number of hydrogen-bond acceptors (Lipinski definition) is 16. The standard InChI is InChI=1S/C74H133NO15/c1-8-15-21-25-31-39-54-82-70(83-55-40-32-26-22-16-9-2)52-51-69(78)89-62-74(63-90-73(81)86-59-64-44-43-53-75(14-7)58-64,60-87-67(76)49-37-29-27-33-41-56-84-71(79)65(45-19-12-5)47-35-23-17-10-3)61-88-68(77)50-38-30-28-34-42-57-85-72(80)66(46-20-13-6)48-36-24-18-11-4/h15-16,21-22,64-66,70H,8-14,17-20,23-63H2,1-7H3/b21-15-,22-16-. The Hall–Kier alpha value is -4.02. The minimum absolute atomic E-state index is 0.0336. The van der Waals surface area contributed by atoms with Crippen LogP contribution in [0.25, 0.3) is 0 Å². The van der Waals surface area contributed by atoms with Gasteiger partial charge in [-0.25, -0.2) is 4.79 Å². The van der Waals surface area contributed by atoms with E-state index in [9.17, 15) is 28.8 Å². The Morgan fingerprint density at radius 2 is 0.844 bits per heavy atom. The van der Waals surface area contributed by atoms with E-state index >= 15 is 0 Å². The van der Waals surface area contributed by atoms with Gasteiger partial charge < -0.3 is 47.5 Å². The highest BCUT2D eigenvalue weighted by molar-refractivity contribution is 5.73. The molecule has 0 radical (unpaired) electrons. The number of carbonyl (C=O) groups is 6. The van der Waals surface area contributed by atoms with Crippen LogP contribution >= 0.6 is 0 Å². The van der Waals surface area contributed by atoms with Gasteiger partial charge in [-0.2, -0.15) is 0 Å². The lowest BCUT2D eigenvalue weighted by molar-refractivity contribution is -0.170. The summed E-state index contributed by atoms with van der Waals surface area (Å²) in [6.45, 7) is 18.1. The zero-order chi connectivity index (χ0) is 65.8. The third-order valence-electron chi connectivity index (χ3n) is 17.0. The highest BCUT2D eigenvalue weighted by Crippen LogP contribution is 2.26. The predicted octanol–water partition coefficient (Wildman–Crippen LogP) is 18.2. The molecule has 16 heteroatoms. The molecule has 0 amide bonds. The maximum atomic E-state index is 13.8. The van der Waals surface area contributed by atoms with Crippen LogP contribution in [0.1, 0.15) is 305 Å². The van der Waals surface area contributed by atoms with Crippen molar-refractivity contribution in [3.63, 3.8) is 0 Å². The van der Waals surface area contributed by atoms with Crippen LogP contribution in [-0.4, -0.2) is 126 Å². The van der Waals surface area contributed by atoms with Crippen molar-refractivity contribution >= 4 is 36.0 Å². The number of rotatable bonds is 62. The minimum Gasteiger partial charge on any atom is -0.465 e. The van der Waals surface area contributed by atoms with Crippen molar-refractivity contribution in [1.82, 2.24) is 4.90 Å². The smallest absolute Gasteiger partial charge is 0.465 e. The van der Waals surface area contributed by atoms with Crippen molar-refractivity contribution in [2.24, 2.45) is 23.2 Å². The first-order valence-electron chi connectivity index (χ1n) is 36.7. The molecule has 0 bridgehead atoms. The van der Waals surface area contributed by atoms with Gasteiger partial charge in [-0.1, -0.05) is 188 Å². The van der Waals surface area contributed by atoms with Gasteiger partial charge in [0.15, 0.2) is 6.29 Å². The van der Waals surface area contributed by atoms with Crippen molar-refractivity contribution in [3.8, 4) is 0 Å². The Morgan fingerprint density at radius 3 is 1.31 bits per heavy atom. The Morgan fingerprint density at radius 1 is 0.422 bits per heavy atom. The second kappa shape index (κ2) is 60.0. The average molecular weight is 1280 g/mol. The molecule has 3 unspecified atom stereocenters. The molecule has 1 aliphatic rings. The topological polar surface area (TPSA) is 189 Å². The first-order chi connectivity index (χ1) is 43.9. The zero-order valence-corrected chi connectivity index (χ0v) is 58.5. The fourth-order valence-electron chi connectivity index (χ4n) is 11.0. The normalized spacial score (nSPS) is 15.0. The fraction of sp³-hybridized carbons (Fsp3) is 0.865. The van der Waals surface area contributed by atoms with Gasteiger partial charge in [0.25, 0.3) is 0 Å². The summed E-state index contributed by atoms with van der Waals surface area (Å²) in [7, 11) is 0. The van der Waals surface area contributed by atoms with Gasteiger partial charge in [-0.3, -0.25) is 24.0 Å². The fourth-order valence-corrected chi connectivity index (χ4v) is 11.0. The van der Waals surface area contributed by atoms with E-state index in [2.05, 4.69) is 77.7 Å². The SMILES string of the molecule is CC/C=C\CCCCOC(CCC(=O)OCC(COC(=O)CCCCCCCOC(=O)C(CCCC)CCCCCC)(COC(=O)CCCCCCCOC(=O)C(CCCC)CCCCCC)COC(=O)OCC1CCCN(CC)C1)OCCCC/C=C\CC. The summed E-state index contributed by atoms with van der Waals surface area (Å²) in [5, 5.41) is 0. The summed E-state index contributed by atoms with van der Waals surface area (Å²) in [6.07, 6.45) is 41.4. The van der Waals surface area contributed by atoms with Crippen LogP contribution in [0.4, 0.5) is 4.79 Å². The van der Waals surface area contributed by atoms with E-state index in [1.54, 1.807) is 0 Å². The maximum Gasteiger partial charge on any atom is 0.508 e. The van der Waals surface area contributed by atoms with Crippen LogP contribution < -0.4 is 0 Å². The van der Waals surface area contributed by atoms with Crippen LogP contribution in [0.2, 0.25) is 0 Å². The van der Waals surface area contributed by atoms with Crippen LogP contribution in [0.15, 0.2) is 24.3 Å². The molecule has 0 aromatic carbocycles. The van der Waals surface area contributed by atoms with E-state index in [-0.39, 0.29) is 81.8 Å². The Kier molecular flexibility index (Phi) is 56.0.